The molecule has 0 N–H and O–H groups in total. The van der Waals surface area contributed by atoms with Crippen LogP contribution in [0.5, 0.6) is 0 Å². The molecule has 2 atom stereocenters. The Morgan fingerprint density at radius 3 is 1.50 bits per heavy atom. The number of carbonyl (C=O) groups is 2. The van der Waals surface area contributed by atoms with E-state index in [1.165, 1.54) is 13.8 Å². The zero-order valence-electron chi connectivity index (χ0n) is 7.96. The second-order valence-electron chi connectivity index (χ2n) is 2.66. The average Bonchev–Trinajstić information content (AvgIpc) is 2.17. The van der Waals surface area contributed by atoms with Gasteiger partial charge < -0.3 is 9.47 Å². The minimum atomic E-state index is -1.24. The lowest BCUT2D eigenvalue weighted by Crippen LogP contribution is -2.31. The Balaban J connectivity index is 3.92. The van der Waals surface area contributed by atoms with Crippen LogP contribution in [0.25, 0.3) is 0 Å². The number of ether oxygens (including phenoxy) is 2. The molecular weight excluding hydrogens is 198 g/mol. The van der Waals surface area contributed by atoms with Crippen LogP contribution in [-0.4, -0.2) is 37.5 Å². The molecule has 0 aliphatic carbocycles. The molecule has 0 amide bonds. The van der Waals surface area contributed by atoms with Crippen molar-refractivity contribution in [3.63, 3.8) is 0 Å². The molecule has 0 radical (unpaired) electrons. The molecule has 0 aliphatic rings. The van der Waals surface area contributed by atoms with E-state index in [4.69, 9.17) is 0 Å². The van der Waals surface area contributed by atoms with Crippen molar-refractivity contribution in [3.8, 4) is 0 Å². The molecule has 0 rings (SSSR count). The highest BCUT2D eigenvalue weighted by atomic mass is 19.1. The number of hydrogen-bond donors (Lipinski definition) is 0. The molecule has 0 spiro atoms. The maximum absolute atomic E-state index is 11.7. The molecule has 0 bridgehead atoms. The molecule has 0 saturated carbocycles. The van der Waals surface area contributed by atoms with Crippen LogP contribution in [0.4, 0.5) is 8.78 Å². The van der Waals surface area contributed by atoms with Gasteiger partial charge in [-0.1, -0.05) is 0 Å². The predicted molar refractivity (Wildman–Crippen MR) is 43.1 cm³/mol. The van der Waals surface area contributed by atoms with Gasteiger partial charge in [-0.25, -0.2) is 18.4 Å². The van der Waals surface area contributed by atoms with E-state index < -0.39 is 37.5 Å². The first-order chi connectivity index (χ1) is 6.51. The van der Waals surface area contributed by atoms with Crippen molar-refractivity contribution < 1.29 is 27.8 Å². The van der Waals surface area contributed by atoms with E-state index in [0.717, 1.165) is 0 Å². The molecule has 14 heavy (non-hydrogen) atoms. The third-order valence-electron chi connectivity index (χ3n) is 1.51. The minimum absolute atomic E-state index is 0.797. The fourth-order valence-corrected chi connectivity index (χ4v) is 0.669. The van der Waals surface area contributed by atoms with Gasteiger partial charge in [0.1, 0.15) is 12.2 Å². The quantitative estimate of drug-likeness (QED) is 0.629. The van der Waals surface area contributed by atoms with Crippen LogP contribution < -0.4 is 0 Å². The monoisotopic (exact) mass is 210 g/mol. The summed E-state index contributed by atoms with van der Waals surface area (Å²) in [7, 11) is 0. The molecule has 0 unspecified atom stereocenters. The van der Waals surface area contributed by atoms with Crippen molar-refractivity contribution in [1.82, 2.24) is 0 Å². The lowest BCUT2D eigenvalue weighted by atomic mass is 10.2. The third kappa shape index (κ3) is 4.74. The van der Waals surface area contributed by atoms with Gasteiger partial charge in [-0.2, -0.15) is 0 Å². The number of esters is 2. The number of halogens is 2. The number of hydrogen-bond acceptors (Lipinski definition) is 4. The Bertz CT molecular complexity index is 186. The van der Waals surface area contributed by atoms with Crippen molar-refractivity contribution >= 4 is 11.9 Å². The van der Waals surface area contributed by atoms with Crippen molar-refractivity contribution in [2.24, 2.45) is 0 Å². The van der Waals surface area contributed by atoms with Crippen molar-refractivity contribution in [3.05, 3.63) is 0 Å². The molecule has 4 nitrogen and oxygen atoms in total. The summed E-state index contributed by atoms with van der Waals surface area (Å²) in [6, 6.07) is 0. The van der Waals surface area contributed by atoms with E-state index in [9.17, 15) is 18.4 Å². The molecular formula is C8H12F2O4. The van der Waals surface area contributed by atoms with Crippen molar-refractivity contribution in [2.45, 2.75) is 26.1 Å². The van der Waals surface area contributed by atoms with E-state index >= 15 is 0 Å². The number of rotatable bonds is 5. The second kappa shape index (κ2) is 6.28. The van der Waals surface area contributed by atoms with Gasteiger partial charge in [-0.3, -0.25) is 0 Å². The van der Waals surface area contributed by atoms with Crippen molar-refractivity contribution in [2.75, 3.05) is 13.3 Å². The Kier molecular flexibility index (Phi) is 5.74. The molecule has 0 fully saturated rings. The van der Waals surface area contributed by atoms with E-state index in [1.54, 1.807) is 0 Å². The van der Waals surface area contributed by atoms with Crippen LogP contribution in [0, 0.1) is 0 Å². The predicted octanol–water partition coefficient (Wildman–Crippen LogP) is 0.789. The van der Waals surface area contributed by atoms with Crippen LogP contribution in [-0.2, 0) is 19.1 Å². The smallest absolute Gasteiger partial charge is 0.337 e. The largest absolute Gasteiger partial charge is 0.457 e. The summed E-state index contributed by atoms with van der Waals surface area (Å²) in [5.74, 6) is -2.08. The lowest BCUT2D eigenvalue weighted by molar-refractivity contribution is -0.166. The van der Waals surface area contributed by atoms with E-state index in [2.05, 4.69) is 9.47 Å². The molecule has 0 aromatic rings. The SMILES string of the molecule is C[C@H](OC(=O)CF)[C@@H](C)OC(=O)CF. The maximum Gasteiger partial charge on any atom is 0.337 e. The molecule has 6 heteroatoms. The van der Waals surface area contributed by atoms with Gasteiger partial charge in [0.15, 0.2) is 13.3 Å². The number of carbonyl (C=O) groups excluding carboxylic acids is 2. The summed E-state index contributed by atoms with van der Waals surface area (Å²) < 4.78 is 32.4. The topological polar surface area (TPSA) is 52.6 Å². The van der Waals surface area contributed by atoms with Crippen LogP contribution >= 0.6 is 0 Å². The molecule has 0 aliphatic heterocycles. The normalized spacial score (nSPS) is 14.3. The van der Waals surface area contributed by atoms with Gasteiger partial charge in [0.05, 0.1) is 0 Å². The number of alkyl halides is 2. The van der Waals surface area contributed by atoms with Gasteiger partial charge in [0.25, 0.3) is 0 Å². The first-order valence-corrected chi connectivity index (χ1v) is 4.02. The molecule has 0 aromatic carbocycles. The fraction of sp³-hybridized carbons (Fsp3) is 0.750. The Labute approximate surface area is 80.2 Å². The van der Waals surface area contributed by atoms with Crippen LogP contribution in [0.1, 0.15) is 13.8 Å². The Morgan fingerprint density at radius 2 is 1.29 bits per heavy atom. The summed E-state index contributed by atoms with van der Waals surface area (Å²) in [6.07, 6.45) is -1.59. The first kappa shape index (κ1) is 12.8. The van der Waals surface area contributed by atoms with Gasteiger partial charge in [-0.15, -0.1) is 0 Å². The zero-order chi connectivity index (χ0) is 11.1. The fourth-order valence-electron chi connectivity index (χ4n) is 0.669. The highest BCUT2D eigenvalue weighted by Crippen LogP contribution is 2.04. The Hall–Kier alpha value is -1.20. The summed E-state index contributed by atoms with van der Waals surface area (Å²) in [6.45, 7) is 0.357. The Morgan fingerprint density at radius 1 is 1.00 bits per heavy atom. The van der Waals surface area contributed by atoms with Crippen LogP contribution in [0.15, 0.2) is 0 Å². The standard InChI is InChI=1S/C8H12F2O4/c1-5(13-7(11)3-9)6(2)14-8(12)4-10/h5-6H,3-4H2,1-2H3/t5-,6+. The van der Waals surface area contributed by atoms with Gasteiger partial charge >= 0.3 is 11.9 Å². The minimum Gasteiger partial charge on any atom is -0.457 e. The average molecular weight is 210 g/mol. The highest BCUT2D eigenvalue weighted by Gasteiger charge is 2.20. The second-order valence-corrected chi connectivity index (χ2v) is 2.66. The summed E-state index contributed by atoms with van der Waals surface area (Å²) in [5.41, 5.74) is 0. The first-order valence-electron chi connectivity index (χ1n) is 4.02. The van der Waals surface area contributed by atoms with Gasteiger partial charge in [-0.05, 0) is 13.8 Å². The van der Waals surface area contributed by atoms with E-state index in [0.29, 0.717) is 0 Å². The molecule has 0 aromatic heterocycles. The summed E-state index contributed by atoms with van der Waals surface area (Å²) >= 11 is 0. The van der Waals surface area contributed by atoms with Gasteiger partial charge in [0, 0.05) is 0 Å². The van der Waals surface area contributed by atoms with Gasteiger partial charge in [0.2, 0.25) is 0 Å². The lowest BCUT2D eigenvalue weighted by Gasteiger charge is -2.19. The third-order valence-corrected chi connectivity index (χ3v) is 1.51. The van der Waals surface area contributed by atoms with E-state index in [-0.39, 0.29) is 0 Å². The summed E-state index contributed by atoms with van der Waals surface area (Å²) in [5, 5.41) is 0. The maximum atomic E-state index is 11.7. The zero-order valence-corrected chi connectivity index (χ0v) is 7.96. The summed E-state index contributed by atoms with van der Waals surface area (Å²) in [4.78, 5) is 20.9. The molecule has 0 heterocycles. The van der Waals surface area contributed by atoms with Crippen LogP contribution in [0.2, 0.25) is 0 Å². The van der Waals surface area contributed by atoms with Crippen molar-refractivity contribution in [1.29, 1.82) is 0 Å². The molecule has 82 valence electrons. The highest BCUT2D eigenvalue weighted by molar-refractivity contribution is 5.71. The van der Waals surface area contributed by atoms with E-state index in [1.807, 2.05) is 0 Å². The van der Waals surface area contributed by atoms with Crippen LogP contribution in [0.3, 0.4) is 0 Å². The molecule has 0 saturated heterocycles.